The Balaban J connectivity index is 1.52. The Kier molecular flexibility index (Phi) is 8.11. The number of halogens is 1. The standard InChI is InChI=1S/C23H35FN8O/c1-3-32-13-7-8-17(32)15-26-21-29-22(27-16-10-11-19(33-2)18(24)14-16)31-23(30-21)28-20-9-5-4-6-12-25-20/h10-11,14,17,20,25H,3-9,12-13,15H2,1-2H3,(H3,26,27,28,29,30,31). The Morgan fingerprint density at radius 2 is 1.94 bits per heavy atom. The number of hydrogen-bond acceptors (Lipinski definition) is 9. The van der Waals surface area contributed by atoms with E-state index in [0.717, 1.165) is 39.0 Å². The third-order valence-corrected chi connectivity index (χ3v) is 6.31. The van der Waals surface area contributed by atoms with E-state index >= 15 is 0 Å². The van der Waals surface area contributed by atoms with E-state index in [1.54, 1.807) is 12.1 Å². The molecule has 0 spiro atoms. The number of rotatable bonds is 9. The highest BCUT2D eigenvalue weighted by Crippen LogP contribution is 2.24. The molecule has 180 valence electrons. The summed E-state index contributed by atoms with van der Waals surface area (Å²) >= 11 is 0. The van der Waals surface area contributed by atoms with E-state index in [1.807, 2.05) is 0 Å². The summed E-state index contributed by atoms with van der Waals surface area (Å²) in [5, 5.41) is 13.4. The minimum absolute atomic E-state index is 0.111. The molecule has 33 heavy (non-hydrogen) atoms. The van der Waals surface area contributed by atoms with Gasteiger partial charge in [-0.15, -0.1) is 0 Å². The SMILES string of the molecule is CCN1CCCC1CNc1nc(Nc2ccc(OC)c(F)c2)nc(NC2CCCCCN2)n1. The molecule has 9 nitrogen and oxygen atoms in total. The maximum atomic E-state index is 14.2. The molecule has 2 aliphatic rings. The van der Waals surface area contributed by atoms with Crippen LogP contribution in [0, 0.1) is 5.82 Å². The molecule has 2 atom stereocenters. The van der Waals surface area contributed by atoms with Crippen LogP contribution in [-0.2, 0) is 0 Å². The molecule has 0 amide bonds. The third-order valence-electron chi connectivity index (χ3n) is 6.31. The van der Waals surface area contributed by atoms with Gasteiger partial charge in [-0.1, -0.05) is 19.8 Å². The molecule has 0 aliphatic carbocycles. The van der Waals surface area contributed by atoms with Crippen LogP contribution in [0.15, 0.2) is 18.2 Å². The normalized spacial score (nSPS) is 21.4. The smallest absolute Gasteiger partial charge is 0.233 e. The topological polar surface area (TPSA) is 99.3 Å². The van der Waals surface area contributed by atoms with Crippen molar-refractivity contribution in [3.63, 3.8) is 0 Å². The van der Waals surface area contributed by atoms with Gasteiger partial charge in [0, 0.05) is 24.3 Å². The van der Waals surface area contributed by atoms with Crippen molar-refractivity contribution in [2.24, 2.45) is 0 Å². The highest BCUT2D eigenvalue weighted by atomic mass is 19.1. The summed E-state index contributed by atoms with van der Waals surface area (Å²) in [6.07, 6.45) is 7.06. The third kappa shape index (κ3) is 6.42. The van der Waals surface area contributed by atoms with Crippen molar-refractivity contribution in [2.75, 3.05) is 49.2 Å². The Labute approximate surface area is 194 Å². The van der Waals surface area contributed by atoms with Crippen LogP contribution in [0.3, 0.4) is 0 Å². The Hall–Kier alpha value is -2.72. The second kappa shape index (κ2) is 11.4. The highest BCUT2D eigenvalue weighted by molar-refractivity contribution is 5.57. The lowest BCUT2D eigenvalue weighted by atomic mass is 10.2. The van der Waals surface area contributed by atoms with Crippen molar-refractivity contribution < 1.29 is 9.13 Å². The molecule has 2 aliphatic heterocycles. The lowest BCUT2D eigenvalue weighted by Gasteiger charge is -2.23. The molecule has 2 unspecified atom stereocenters. The van der Waals surface area contributed by atoms with E-state index < -0.39 is 5.82 Å². The van der Waals surface area contributed by atoms with Gasteiger partial charge in [0.2, 0.25) is 17.8 Å². The average molecular weight is 459 g/mol. The molecule has 4 rings (SSSR count). The monoisotopic (exact) mass is 458 g/mol. The van der Waals surface area contributed by atoms with Crippen LogP contribution in [0.5, 0.6) is 5.75 Å². The molecule has 0 bridgehead atoms. The van der Waals surface area contributed by atoms with Crippen LogP contribution in [0.25, 0.3) is 0 Å². The molecule has 0 radical (unpaired) electrons. The number of ether oxygens (including phenoxy) is 1. The molecule has 1 aromatic carbocycles. The maximum absolute atomic E-state index is 14.2. The van der Waals surface area contributed by atoms with Gasteiger partial charge in [-0.05, 0) is 57.5 Å². The largest absolute Gasteiger partial charge is 0.494 e. The number of methoxy groups -OCH3 is 1. The molecule has 2 saturated heterocycles. The van der Waals surface area contributed by atoms with Crippen molar-refractivity contribution in [2.45, 2.75) is 57.7 Å². The molecule has 2 fully saturated rings. The second-order valence-corrected chi connectivity index (χ2v) is 8.59. The molecular formula is C23H35FN8O. The Morgan fingerprint density at radius 1 is 1.09 bits per heavy atom. The van der Waals surface area contributed by atoms with E-state index in [-0.39, 0.29) is 11.9 Å². The van der Waals surface area contributed by atoms with Crippen molar-refractivity contribution in [1.29, 1.82) is 0 Å². The van der Waals surface area contributed by atoms with Gasteiger partial charge in [-0.2, -0.15) is 15.0 Å². The number of benzene rings is 1. The van der Waals surface area contributed by atoms with E-state index in [9.17, 15) is 4.39 Å². The molecule has 4 N–H and O–H groups in total. The zero-order chi connectivity index (χ0) is 23.0. The van der Waals surface area contributed by atoms with Gasteiger partial charge in [-0.3, -0.25) is 10.2 Å². The van der Waals surface area contributed by atoms with Gasteiger partial charge in [0.05, 0.1) is 13.3 Å². The summed E-state index contributed by atoms with van der Waals surface area (Å²) in [5.41, 5.74) is 0.539. The number of anilines is 4. The van der Waals surface area contributed by atoms with E-state index in [0.29, 0.717) is 29.6 Å². The summed E-state index contributed by atoms with van der Waals surface area (Å²) in [5.74, 6) is 1.09. The molecular weight excluding hydrogens is 423 g/mol. The molecule has 10 heteroatoms. The molecule has 1 aromatic heterocycles. The summed E-state index contributed by atoms with van der Waals surface area (Å²) in [6.45, 7) is 6.11. The van der Waals surface area contributed by atoms with E-state index in [4.69, 9.17) is 4.74 Å². The lowest BCUT2D eigenvalue weighted by molar-refractivity contribution is 0.277. The highest BCUT2D eigenvalue weighted by Gasteiger charge is 2.23. The minimum Gasteiger partial charge on any atom is -0.494 e. The van der Waals surface area contributed by atoms with Crippen LogP contribution in [0.4, 0.5) is 27.9 Å². The first-order chi connectivity index (χ1) is 16.1. The van der Waals surface area contributed by atoms with Crippen LogP contribution < -0.4 is 26.0 Å². The maximum Gasteiger partial charge on any atom is 0.233 e. The van der Waals surface area contributed by atoms with Gasteiger partial charge >= 0.3 is 0 Å². The molecule has 3 heterocycles. The van der Waals surface area contributed by atoms with Crippen molar-refractivity contribution in [1.82, 2.24) is 25.2 Å². The minimum atomic E-state index is -0.447. The average Bonchev–Trinajstić information content (AvgIpc) is 3.12. The van der Waals surface area contributed by atoms with Gasteiger partial charge in [0.1, 0.15) is 0 Å². The predicted octanol–water partition coefficient (Wildman–Crippen LogP) is 3.56. The van der Waals surface area contributed by atoms with Gasteiger partial charge in [0.25, 0.3) is 0 Å². The van der Waals surface area contributed by atoms with Crippen molar-refractivity contribution >= 4 is 23.5 Å². The number of likely N-dealkylation sites (N-methyl/N-ethyl adjacent to an activating group) is 1. The van der Waals surface area contributed by atoms with Crippen LogP contribution in [0.2, 0.25) is 0 Å². The van der Waals surface area contributed by atoms with E-state index in [1.165, 1.54) is 38.9 Å². The fourth-order valence-electron chi connectivity index (χ4n) is 4.51. The van der Waals surface area contributed by atoms with Crippen LogP contribution >= 0.6 is 0 Å². The zero-order valence-electron chi connectivity index (χ0n) is 19.5. The number of likely N-dealkylation sites (tertiary alicyclic amines) is 1. The Bertz CT molecular complexity index is 906. The Morgan fingerprint density at radius 3 is 2.76 bits per heavy atom. The molecule has 0 saturated carbocycles. The molecule has 2 aromatic rings. The summed E-state index contributed by atoms with van der Waals surface area (Å²) in [4.78, 5) is 16.2. The first kappa shape index (κ1) is 23.4. The van der Waals surface area contributed by atoms with Crippen molar-refractivity contribution in [3.8, 4) is 5.75 Å². The lowest BCUT2D eigenvalue weighted by Crippen LogP contribution is -2.36. The number of nitrogens with one attached hydrogen (secondary N) is 4. The van der Waals surface area contributed by atoms with Gasteiger partial charge in [-0.25, -0.2) is 4.39 Å². The quantitative estimate of drug-likeness (QED) is 0.449. The predicted molar refractivity (Wildman–Crippen MR) is 129 cm³/mol. The van der Waals surface area contributed by atoms with Gasteiger partial charge in [0.15, 0.2) is 11.6 Å². The summed E-state index contributed by atoms with van der Waals surface area (Å²) in [7, 11) is 1.44. The zero-order valence-corrected chi connectivity index (χ0v) is 19.5. The number of hydrogen-bond donors (Lipinski definition) is 4. The first-order valence-electron chi connectivity index (χ1n) is 12.0. The van der Waals surface area contributed by atoms with Crippen molar-refractivity contribution in [3.05, 3.63) is 24.0 Å². The van der Waals surface area contributed by atoms with Crippen LogP contribution in [-0.4, -0.2) is 65.3 Å². The second-order valence-electron chi connectivity index (χ2n) is 8.59. The van der Waals surface area contributed by atoms with E-state index in [2.05, 4.69) is 48.0 Å². The summed E-state index contributed by atoms with van der Waals surface area (Å²) < 4.78 is 19.2. The van der Waals surface area contributed by atoms with Crippen LogP contribution in [0.1, 0.15) is 45.4 Å². The number of nitrogens with zero attached hydrogens (tertiary/aromatic N) is 4. The number of aromatic nitrogens is 3. The first-order valence-corrected chi connectivity index (χ1v) is 12.0. The fraction of sp³-hybridized carbons (Fsp3) is 0.609. The summed E-state index contributed by atoms with van der Waals surface area (Å²) in [6, 6.07) is 5.15. The van der Waals surface area contributed by atoms with Gasteiger partial charge < -0.3 is 20.7 Å². The fourth-order valence-corrected chi connectivity index (χ4v) is 4.51.